The maximum absolute atomic E-state index is 13.0. The van der Waals surface area contributed by atoms with Gasteiger partial charge in [-0.3, -0.25) is 0 Å². The zero-order valence-electron chi connectivity index (χ0n) is 11.6. The third-order valence-corrected chi connectivity index (χ3v) is 5.61. The normalized spacial score (nSPS) is 20.6. The number of hydrogen-bond donors (Lipinski definition) is 2. The molecule has 1 aliphatic heterocycles. The lowest BCUT2D eigenvalue weighted by atomic mass is 9.94. The number of halogens is 3. The molecule has 21 heavy (non-hydrogen) atoms. The standard InChI is InChI=1S/C13H18ClFN2O2S.ClH/c1-9(10-3-2-6-16-8-10)17-20(18,19)13-5-4-11(15)7-12(13)14;/h4-5,7,9-10,16-17H,2-3,6,8H2,1H3;1H. The summed E-state index contributed by atoms with van der Waals surface area (Å²) in [6.45, 7) is 3.60. The molecule has 1 heterocycles. The molecule has 0 bridgehead atoms. The van der Waals surface area contributed by atoms with Crippen LogP contribution in [0.15, 0.2) is 23.1 Å². The van der Waals surface area contributed by atoms with Gasteiger partial charge >= 0.3 is 0 Å². The van der Waals surface area contributed by atoms with E-state index < -0.39 is 15.8 Å². The second-order valence-electron chi connectivity index (χ2n) is 5.09. The van der Waals surface area contributed by atoms with E-state index in [0.717, 1.165) is 38.1 Å². The van der Waals surface area contributed by atoms with Crippen molar-refractivity contribution in [3.05, 3.63) is 29.0 Å². The fourth-order valence-corrected chi connectivity index (χ4v) is 4.25. The van der Waals surface area contributed by atoms with Crippen LogP contribution in [0.3, 0.4) is 0 Å². The molecule has 0 amide bonds. The maximum Gasteiger partial charge on any atom is 0.242 e. The summed E-state index contributed by atoms with van der Waals surface area (Å²) in [5, 5.41) is 3.14. The number of hydrogen-bond acceptors (Lipinski definition) is 3. The molecular formula is C13H19Cl2FN2O2S. The van der Waals surface area contributed by atoms with Crippen LogP contribution in [0, 0.1) is 11.7 Å². The Hall–Kier alpha value is -0.400. The van der Waals surface area contributed by atoms with Gasteiger partial charge in [-0.1, -0.05) is 11.6 Å². The number of sulfonamides is 1. The highest BCUT2D eigenvalue weighted by Gasteiger charge is 2.26. The molecule has 0 aliphatic carbocycles. The van der Waals surface area contributed by atoms with Gasteiger partial charge in [-0.25, -0.2) is 17.5 Å². The molecule has 4 nitrogen and oxygen atoms in total. The molecule has 2 unspecified atom stereocenters. The Morgan fingerprint density at radius 2 is 2.19 bits per heavy atom. The Morgan fingerprint density at radius 3 is 2.76 bits per heavy atom. The van der Waals surface area contributed by atoms with Crippen LogP contribution in [0.4, 0.5) is 4.39 Å². The molecule has 2 atom stereocenters. The average Bonchev–Trinajstić information content (AvgIpc) is 2.38. The maximum atomic E-state index is 13.0. The molecule has 2 N–H and O–H groups in total. The molecule has 2 rings (SSSR count). The third kappa shape index (κ3) is 4.79. The molecular weight excluding hydrogens is 338 g/mol. The van der Waals surface area contributed by atoms with Crippen LogP contribution in [0.25, 0.3) is 0 Å². The zero-order valence-corrected chi connectivity index (χ0v) is 14.0. The number of benzene rings is 1. The van der Waals surface area contributed by atoms with Crippen LogP contribution >= 0.6 is 24.0 Å². The first-order chi connectivity index (χ1) is 9.40. The molecule has 1 aliphatic rings. The summed E-state index contributed by atoms with van der Waals surface area (Å²) >= 11 is 5.81. The molecule has 1 fully saturated rings. The van der Waals surface area contributed by atoms with E-state index in [-0.39, 0.29) is 34.3 Å². The lowest BCUT2D eigenvalue weighted by molar-refractivity contribution is 0.320. The monoisotopic (exact) mass is 356 g/mol. The highest BCUT2D eigenvalue weighted by molar-refractivity contribution is 7.89. The van der Waals surface area contributed by atoms with Crippen LogP contribution in [0.5, 0.6) is 0 Å². The number of rotatable bonds is 4. The third-order valence-electron chi connectivity index (χ3n) is 3.57. The lowest BCUT2D eigenvalue weighted by Crippen LogP contribution is -2.44. The summed E-state index contributed by atoms with van der Waals surface area (Å²) in [5.41, 5.74) is 0. The van der Waals surface area contributed by atoms with Gasteiger partial charge in [0.2, 0.25) is 10.0 Å². The van der Waals surface area contributed by atoms with Crippen molar-refractivity contribution in [1.29, 1.82) is 0 Å². The van der Waals surface area contributed by atoms with E-state index in [2.05, 4.69) is 10.0 Å². The summed E-state index contributed by atoms with van der Waals surface area (Å²) in [5.74, 6) is -0.309. The predicted molar refractivity (Wildman–Crippen MR) is 84.0 cm³/mol. The van der Waals surface area contributed by atoms with Crippen molar-refractivity contribution in [2.75, 3.05) is 13.1 Å². The second-order valence-corrected chi connectivity index (χ2v) is 7.18. The average molecular weight is 357 g/mol. The highest BCUT2D eigenvalue weighted by Crippen LogP contribution is 2.23. The molecule has 0 aromatic heterocycles. The van der Waals surface area contributed by atoms with E-state index in [1.165, 1.54) is 6.07 Å². The summed E-state index contributed by atoms with van der Waals surface area (Å²) in [6, 6.07) is 3.08. The van der Waals surface area contributed by atoms with Gasteiger partial charge in [0.05, 0.1) is 5.02 Å². The Kier molecular flexibility index (Phi) is 6.87. The van der Waals surface area contributed by atoms with Crippen molar-refractivity contribution in [3.63, 3.8) is 0 Å². The van der Waals surface area contributed by atoms with Crippen LogP contribution < -0.4 is 10.0 Å². The smallest absolute Gasteiger partial charge is 0.242 e. The molecule has 1 saturated heterocycles. The van der Waals surface area contributed by atoms with Crippen LogP contribution in [0.1, 0.15) is 19.8 Å². The van der Waals surface area contributed by atoms with E-state index in [9.17, 15) is 12.8 Å². The van der Waals surface area contributed by atoms with E-state index >= 15 is 0 Å². The fourth-order valence-electron chi connectivity index (χ4n) is 2.40. The summed E-state index contributed by atoms with van der Waals surface area (Å²) in [6.07, 6.45) is 2.02. The molecule has 0 radical (unpaired) electrons. The Morgan fingerprint density at radius 1 is 1.48 bits per heavy atom. The van der Waals surface area contributed by atoms with Gasteiger partial charge in [0.25, 0.3) is 0 Å². The van der Waals surface area contributed by atoms with Gasteiger partial charge in [-0.2, -0.15) is 0 Å². The Balaban J connectivity index is 0.00000220. The molecule has 0 saturated carbocycles. The molecule has 1 aromatic carbocycles. The number of nitrogens with one attached hydrogen (secondary N) is 2. The largest absolute Gasteiger partial charge is 0.316 e. The predicted octanol–water partition coefficient (Wildman–Crippen LogP) is 2.57. The van der Waals surface area contributed by atoms with Crippen LogP contribution in [-0.4, -0.2) is 27.5 Å². The minimum atomic E-state index is -3.73. The minimum absolute atomic E-state index is 0. The highest BCUT2D eigenvalue weighted by atomic mass is 35.5. The second kappa shape index (κ2) is 7.74. The fraction of sp³-hybridized carbons (Fsp3) is 0.538. The van der Waals surface area contributed by atoms with E-state index in [4.69, 9.17) is 11.6 Å². The number of piperidine rings is 1. The van der Waals surface area contributed by atoms with Crippen LogP contribution in [0.2, 0.25) is 5.02 Å². The van der Waals surface area contributed by atoms with Crippen LogP contribution in [-0.2, 0) is 10.0 Å². The summed E-state index contributed by atoms with van der Waals surface area (Å²) in [7, 11) is -3.73. The van der Waals surface area contributed by atoms with Gasteiger partial charge in [-0.15, -0.1) is 12.4 Å². The Labute approximate surface area is 135 Å². The van der Waals surface area contributed by atoms with Crippen molar-refractivity contribution in [2.45, 2.75) is 30.7 Å². The van der Waals surface area contributed by atoms with Gasteiger partial charge in [0.15, 0.2) is 0 Å². The molecule has 8 heteroatoms. The zero-order chi connectivity index (χ0) is 14.8. The summed E-state index contributed by atoms with van der Waals surface area (Å²) < 4.78 is 40.2. The van der Waals surface area contributed by atoms with E-state index in [0.29, 0.717) is 0 Å². The minimum Gasteiger partial charge on any atom is -0.316 e. The SMILES string of the molecule is CC(NS(=O)(=O)c1ccc(F)cc1Cl)C1CCCNC1.Cl. The lowest BCUT2D eigenvalue weighted by Gasteiger charge is -2.28. The van der Waals surface area contributed by atoms with Crippen molar-refractivity contribution in [1.82, 2.24) is 10.0 Å². The quantitative estimate of drug-likeness (QED) is 0.871. The Bertz CT molecular complexity index is 578. The summed E-state index contributed by atoms with van der Waals surface area (Å²) in [4.78, 5) is -0.0869. The first kappa shape index (κ1) is 18.6. The first-order valence-corrected chi connectivity index (χ1v) is 8.44. The van der Waals surface area contributed by atoms with E-state index in [1.54, 1.807) is 0 Å². The molecule has 0 spiro atoms. The van der Waals surface area contributed by atoms with E-state index in [1.807, 2.05) is 6.92 Å². The van der Waals surface area contributed by atoms with Gasteiger partial charge < -0.3 is 5.32 Å². The molecule has 1 aromatic rings. The van der Waals surface area contributed by atoms with Crippen molar-refractivity contribution >= 4 is 34.0 Å². The van der Waals surface area contributed by atoms with Crippen molar-refractivity contribution in [3.8, 4) is 0 Å². The topological polar surface area (TPSA) is 58.2 Å². The van der Waals surface area contributed by atoms with Crippen molar-refractivity contribution in [2.24, 2.45) is 5.92 Å². The van der Waals surface area contributed by atoms with Crippen molar-refractivity contribution < 1.29 is 12.8 Å². The van der Waals surface area contributed by atoms with Gasteiger partial charge in [-0.05, 0) is 57.0 Å². The van der Waals surface area contributed by atoms with Gasteiger partial charge in [0.1, 0.15) is 10.7 Å². The first-order valence-electron chi connectivity index (χ1n) is 6.58. The molecule has 120 valence electrons. The van der Waals surface area contributed by atoms with Gasteiger partial charge in [0, 0.05) is 6.04 Å².